The molecular weight excluding hydrogens is 258 g/mol. The highest BCUT2D eigenvalue weighted by Crippen LogP contribution is 2.30. The molecule has 1 aliphatic heterocycles. The quantitative estimate of drug-likeness (QED) is 0.827. The molecule has 2 N–H and O–H groups in total. The van der Waals surface area contributed by atoms with Crippen LogP contribution in [-0.2, 0) is 4.74 Å². The van der Waals surface area contributed by atoms with Crippen molar-refractivity contribution in [1.82, 2.24) is 5.32 Å². The molecule has 1 saturated heterocycles. The van der Waals surface area contributed by atoms with Crippen LogP contribution in [0.3, 0.4) is 0 Å². The Kier molecular flexibility index (Phi) is 4.86. The molecule has 1 heterocycles. The molecule has 0 bridgehead atoms. The molecule has 5 nitrogen and oxygen atoms in total. The SMILES string of the molecule is COc1ccc(C(C)NCC2(O)CCOC2)cc1OC. The Hall–Kier alpha value is -1.30. The van der Waals surface area contributed by atoms with Crippen molar-refractivity contribution in [1.29, 1.82) is 0 Å². The summed E-state index contributed by atoms with van der Waals surface area (Å²) in [7, 11) is 3.24. The second-order valence-electron chi connectivity index (χ2n) is 5.24. The molecule has 0 aromatic heterocycles. The second-order valence-corrected chi connectivity index (χ2v) is 5.24. The summed E-state index contributed by atoms with van der Waals surface area (Å²) in [6, 6.07) is 5.94. The predicted molar refractivity (Wildman–Crippen MR) is 76.3 cm³/mol. The summed E-state index contributed by atoms with van der Waals surface area (Å²) in [5, 5.41) is 13.6. The molecule has 20 heavy (non-hydrogen) atoms. The molecule has 2 atom stereocenters. The molecule has 0 aliphatic carbocycles. The minimum absolute atomic E-state index is 0.111. The summed E-state index contributed by atoms with van der Waals surface area (Å²) in [6.45, 7) is 3.60. The summed E-state index contributed by atoms with van der Waals surface area (Å²) >= 11 is 0. The lowest BCUT2D eigenvalue weighted by Gasteiger charge is -2.24. The van der Waals surface area contributed by atoms with E-state index < -0.39 is 5.60 Å². The van der Waals surface area contributed by atoms with E-state index in [1.807, 2.05) is 18.2 Å². The third-order valence-corrected chi connectivity index (χ3v) is 3.73. The summed E-state index contributed by atoms with van der Waals surface area (Å²) in [4.78, 5) is 0. The van der Waals surface area contributed by atoms with Gasteiger partial charge >= 0.3 is 0 Å². The van der Waals surface area contributed by atoms with Gasteiger partial charge in [0.1, 0.15) is 5.60 Å². The molecule has 0 amide bonds. The lowest BCUT2D eigenvalue weighted by atomic mass is 10.0. The van der Waals surface area contributed by atoms with Gasteiger partial charge < -0.3 is 24.6 Å². The summed E-state index contributed by atoms with van der Waals surface area (Å²) < 4.78 is 15.8. The number of benzene rings is 1. The number of hydrogen-bond acceptors (Lipinski definition) is 5. The smallest absolute Gasteiger partial charge is 0.161 e. The van der Waals surface area contributed by atoms with Gasteiger partial charge in [-0.25, -0.2) is 0 Å². The first-order chi connectivity index (χ1) is 9.58. The van der Waals surface area contributed by atoms with E-state index in [0.29, 0.717) is 37.7 Å². The highest BCUT2D eigenvalue weighted by atomic mass is 16.5. The maximum Gasteiger partial charge on any atom is 0.161 e. The van der Waals surface area contributed by atoms with Gasteiger partial charge in [-0.05, 0) is 24.6 Å². The number of methoxy groups -OCH3 is 2. The van der Waals surface area contributed by atoms with Gasteiger partial charge in [-0.1, -0.05) is 6.07 Å². The first-order valence-corrected chi connectivity index (χ1v) is 6.83. The Morgan fingerprint density at radius 3 is 2.70 bits per heavy atom. The van der Waals surface area contributed by atoms with E-state index in [4.69, 9.17) is 14.2 Å². The molecule has 2 rings (SSSR count). The van der Waals surface area contributed by atoms with Gasteiger partial charge in [0, 0.05) is 25.6 Å². The van der Waals surface area contributed by atoms with Crippen molar-refractivity contribution in [3.8, 4) is 11.5 Å². The van der Waals surface area contributed by atoms with Crippen molar-refractivity contribution in [3.63, 3.8) is 0 Å². The van der Waals surface area contributed by atoms with Gasteiger partial charge in [0.25, 0.3) is 0 Å². The van der Waals surface area contributed by atoms with E-state index in [1.165, 1.54) is 0 Å². The summed E-state index contributed by atoms with van der Waals surface area (Å²) in [6.07, 6.45) is 0.679. The molecule has 1 aliphatic rings. The van der Waals surface area contributed by atoms with Crippen molar-refractivity contribution < 1.29 is 19.3 Å². The number of hydrogen-bond donors (Lipinski definition) is 2. The Morgan fingerprint density at radius 2 is 2.10 bits per heavy atom. The molecule has 0 radical (unpaired) electrons. The van der Waals surface area contributed by atoms with E-state index in [9.17, 15) is 5.11 Å². The largest absolute Gasteiger partial charge is 0.493 e. The maximum absolute atomic E-state index is 10.2. The van der Waals surface area contributed by atoms with Gasteiger partial charge in [-0.2, -0.15) is 0 Å². The lowest BCUT2D eigenvalue weighted by molar-refractivity contribution is 0.0252. The Bertz CT molecular complexity index is 443. The zero-order valence-corrected chi connectivity index (χ0v) is 12.3. The molecule has 1 aromatic rings. The standard InChI is InChI=1S/C15H23NO4/c1-11(16-9-15(17)6-7-20-10-15)12-4-5-13(18-2)14(8-12)19-3/h4-5,8,11,16-17H,6-7,9-10H2,1-3H3. The molecule has 112 valence electrons. The van der Waals surface area contributed by atoms with Crippen molar-refractivity contribution in [2.75, 3.05) is 34.0 Å². The Morgan fingerprint density at radius 1 is 1.35 bits per heavy atom. The van der Waals surface area contributed by atoms with Crippen LogP contribution in [-0.4, -0.2) is 44.7 Å². The van der Waals surface area contributed by atoms with Crippen LogP contribution in [0.15, 0.2) is 18.2 Å². The number of ether oxygens (including phenoxy) is 3. The highest BCUT2D eigenvalue weighted by molar-refractivity contribution is 5.43. The van der Waals surface area contributed by atoms with Crippen molar-refractivity contribution >= 4 is 0 Å². The minimum atomic E-state index is -0.745. The number of aliphatic hydroxyl groups is 1. The lowest BCUT2D eigenvalue weighted by Crippen LogP contribution is -2.41. The van der Waals surface area contributed by atoms with Crippen LogP contribution in [0, 0.1) is 0 Å². The average Bonchev–Trinajstić information content (AvgIpc) is 2.91. The zero-order chi connectivity index (χ0) is 14.6. The van der Waals surface area contributed by atoms with E-state index in [1.54, 1.807) is 14.2 Å². The third kappa shape index (κ3) is 3.42. The Labute approximate surface area is 119 Å². The number of rotatable bonds is 6. The van der Waals surface area contributed by atoms with E-state index in [-0.39, 0.29) is 6.04 Å². The molecule has 2 unspecified atom stereocenters. The van der Waals surface area contributed by atoms with Gasteiger partial charge in [0.15, 0.2) is 11.5 Å². The molecule has 1 aromatic carbocycles. The average molecular weight is 281 g/mol. The number of nitrogens with one attached hydrogen (secondary N) is 1. The zero-order valence-electron chi connectivity index (χ0n) is 12.3. The van der Waals surface area contributed by atoms with Gasteiger partial charge in [0.2, 0.25) is 0 Å². The van der Waals surface area contributed by atoms with E-state index in [2.05, 4.69) is 12.2 Å². The van der Waals surface area contributed by atoms with Gasteiger partial charge in [-0.15, -0.1) is 0 Å². The molecule has 0 spiro atoms. The van der Waals surface area contributed by atoms with Crippen LogP contribution in [0.1, 0.15) is 24.9 Å². The molecular formula is C15H23NO4. The first-order valence-electron chi connectivity index (χ1n) is 6.83. The van der Waals surface area contributed by atoms with E-state index in [0.717, 1.165) is 5.56 Å². The second kappa shape index (κ2) is 6.43. The van der Waals surface area contributed by atoms with Crippen molar-refractivity contribution in [2.45, 2.75) is 25.0 Å². The monoisotopic (exact) mass is 281 g/mol. The van der Waals surface area contributed by atoms with Crippen LogP contribution < -0.4 is 14.8 Å². The fraction of sp³-hybridized carbons (Fsp3) is 0.600. The first kappa shape index (κ1) is 15.1. The fourth-order valence-electron chi connectivity index (χ4n) is 2.32. The van der Waals surface area contributed by atoms with Crippen LogP contribution in [0.4, 0.5) is 0 Å². The van der Waals surface area contributed by atoms with Crippen LogP contribution in [0.2, 0.25) is 0 Å². The summed E-state index contributed by atoms with van der Waals surface area (Å²) in [5.41, 5.74) is 0.343. The topological polar surface area (TPSA) is 60.0 Å². The van der Waals surface area contributed by atoms with Crippen LogP contribution >= 0.6 is 0 Å². The van der Waals surface area contributed by atoms with Crippen LogP contribution in [0.5, 0.6) is 11.5 Å². The fourth-order valence-corrected chi connectivity index (χ4v) is 2.32. The minimum Gasteiger partial charge on any atom is -0.493 e. The van der Waals surface area contributed by atoms with Crippen LogP contribution in [0.25, 0.3) is 0 Å². The van der Waals surface area contributed by atoms with E-state index >= 15 is 0 Å². The van der Waals surface area contributed by atoms with Crippen molar-refractivity contribution in [2.24, 2.45) is 0 Å². The Balaban J connectivity index is 1.99. The third-order valence-electron chi connectivity index (χ3n) is 3.73. The normalized spacial score (nSPS) is 23.6. The summed E-state index contributed by atoms with van der Waals surface area (Å²) in [5.74, 6) is 1.42. The predicted octanol–water partition coefficient (Wildman–Crippen LogP) is 1.51. The highest BCUT2D eigenvalue weighted by Gasteiger charge is 2.32. The molecule has 1 fully saturated rings. The van der Waals surface area contributed by atoms with Gasteiger partial charge in [-0.3, -0.25) is 0 Å². The molecule has 0 saturated carbocycles. The molecule has 5 heteroatoms. The van der Waals surface area contributed by atoms with Crippen molar-refractivity contribution in [3.05, 3.63) is 23.8 Å². The van der Waals surface area contributed by atoms with Gasteiger partial charge in [0.05, 0.1) is 20.8 Å². The maximum atomic E-state index is 10.2.